The smallest absolute Gasteiger partial charge is 0.509 e. The molecule has 0 radical (unpaired) electrons. The average Bonchev–Trinajstić information content (AvgIpc) is 3.84. The molecule has 4 aromatic carbocycles. The Morgan fingerprint density at radius 3 is 2.33 bits per heavy atom. The van der Waals surface area contributed by atoms with E-state index in [4.69, 9.17) is 14.8 Å². The molecular formula is C42H39N5OPt. The monoisotopic (exact) mass is 824 g/mol. The molecule has 0 unspecified atom stereocenters. The number of hydrogen-bond acceptors (Lipinski definition) is 4. The second-order valence-corrected chi connectivity index (χ2v) is 13.9. The summed E-state index contributed by atoms with van der Waals surface area (Å²) in [4.78, 5) is 7.29. The summed E-state index contributed by atoms with van der Waals surface area (Å²) in [6, 6.07) is 34.3. The Bertz CT molecular complexity index is 2280. The number of benzene rings is 4. The van der Waals surface area contributed by atoms with Crippen molar-refractivity contribution in [2.45, 2.75) is 52.9 Å². The maximum absolute atomic E-state index is 6.41. The van der Waals surface area contributed by atoms with Gasteiger partial charge in [0, 0.05) is 53.7 Å². The van der Waals surface area contributed by atoms with Gasteiger partial charge in [-0.2, -0.15) is 17.2 Å². The molecule has 1 fully saturated rings. The number of aryl methyl sites for hydroxylation is 2. The molecule has 1 saturated heterocycles. The molecule has 49 heavy (non-hydrogen) atoms. The molecule has 0 atom stereocenters. The van der Waals surface area contributed by atoms with E-state index in [1.165, 1.54) is 40.8 Å². The summed E-state index contributed by atoms with van der Waals surface area (Å²) in [6.45, 7) is 13.3. The van der Waals surface area contributed by atoms with Crippen LogP contribution in [0.15, 0.2) is 97.5 Å². The van der Waals surface area contributed by atoms with Gasteiger partial charge < -0.3 is 14.2 Å². The van der Waals surface area contributed by atoms with E-state index >= 15 is 0 Å². The first-order valence-corrected chi connectivity index (χ1v) is 16.8. The molecule has 1 aliphatic heterocycles. The van der Waals surface area contributed by atoms with Crippen molar-refractivity contribution < 1.29 is 25.8 Å². The Hall–Kier alpha value is -4.67. The van der Waals surface area contributed by atoms with Crippen molar-refractivity contribution in [1.29, 1.82) is 0 Å². The number of hydrogen-bond donors (Lipinski definition) is 0. The molecule has 0 bridgehead atoms. The first kappa shape index (κ1) is 32.9. The third kappa shape index (κ3) is 6.19. The number of aromatic nitrogens is 4. The van der Waals surface area contributed by atoms with Crippen LogP contribution in [0.4, 0.5) is 5.69 Å². The molecule has 4 heterocycles. The van der Waals surface area contributed by atoms with Crippen molar-refractivity contribution >= 4 is 27.5 Å². The van der Waals surface area contributed by atoms with Crippen molar-refractivity contribution in [1.82, 2.24) is 19.3 Å². The molecule has 0 spiro atoms. The SMILES string of the molecule is Cc1cc(N2CCCC2)cc(C)c1-c1cnn(-c2[c-]c(Oc3[c-]c4c(cc3)c3ccccc3n4-c3cc(C(C)(C)C)ccn3)ccc2)c1.[Pt+2]. The van der Waals surface area contributed by atoms with Crippen LogP contribution in [0.25, 0.3) is 44.4 Å². The largest absolute Gasteiger partial charge is 2.00 e. The molecule has 3 aromatic heterocycles. The Kier molecular flexibility index (Phi) is 8.70. The van der Waals surface area contributed by atoms with Gasteiger partial charge in [0.2, 0.25) is 0 Å². The zero-order chi connectivity index (χ0) is 33.0. The van der Waals surface area contributed by atoms with E-state index < -0.39 is 0 Å². The van der Waals surface area contributed by atoms with Crippen LogP contribution in [0.2, 0.25) is 0 Å². The van der Waals surface area contributed by atoms with Gasteiger partial charge in [-0.1, -0.05) is 44.5 Å². The number of para-hydroxylation sites is 1. The predicted octanol–water partition coefficient (Wildman–Crippen LogP) is 9.94. The van der Waals surface area contributed by atoms with Crippen molar-refractivity contribution in [3.05, 3.63) is 126 Å². The van der Waals surface area contributed by atoms with E-state index in [0.717, 1.165) is 52.0 Å². The Labute approximate surface area is 302 Å². The van der Waals surface area contributed by atoms with Gasteiger partial charge in [0.25, 0.3) is 0 Å². The van der Waals surface area contributed by atoms with Crippen LogP contribution in [0.1, 0.15) is 50.3 Å². The minimum absolute atomic E-state index is 0. The summed E-state index contributed by atoms with van der Waals surface area (Å²) in [6.07, 6.45) is 8.45. The molecule has 248 valence electrons. The van der Waals surface area contributed by atoms with Crippen molar-refractivity contribution in [2.75, 3.05) is 18.0 Å². The van der Waals surface area contributed by atoms with E-state index in [2.05, 4.69) is 117 Å². The predicted molar refractivity (Wildman–Crippen MR) is 195 cm³/mol. The molecule has 7 heteroatoms. The van der Waals surface area contributed by atoms with Crippen molar-refractivity contribution in [3.8, 4) is 34.1 Å². The molecule has 0 amide bonds. The first-order chi connectivity index (χ1) is 23.2. The van der Waals surface area contributed by atoms with Gasteiger partial charge >= 0.3 is 21.1 Å². The van der Waals surface area contributed by atoms with E-state index in [1.54, 1.807) is 0 Å². The summed E-state index contributed by atoms with van der Waals surface area (Å²) in [7, 11) is 0. The maximum Gasteiger partial charge on any atom is 2.00 e. The Morgan fingerprint density at radius 1 is 0.796 bits per heavy atom. The Balaban J connectivity index is 0.00000378. The van der Waals surface area contributed by atoms with Gasteiger partial charge in [0.05, 0.1) is 6.20 Å². The molecule has 6 nitrogen and oxygen atoms in total. The summed E-state index contributed by atoms with van der Waals surface area (Å²) in [5.74, 6) is 2.07. The topological polar surface area (TPSA) is 48.1 Å². The maximum atomic E-state index is 6.41. The molecule has 1 aliphatic rings. The Morgan fingerprint density at radius 2 is 1.55 bits per heavy atom. The van der Waals surface area contributed by atoms with Crippen LogP contribution in [-0.2, 0) is 26.5 Å². The standard InChI is InChI=1S/C42H39N5O.Pt/c1-28-21-33(45-19-8-9-20-45)22-29(2)41(28)30-26-44-46(27-30)32-11-10-12-34(24-32)48-35-15-16-37-36-13-6-7-14-38(36)47(39(37)25-35)40-23-31(17-18-43-40)42(3,4)5;/h6-7,10-18,21-23,26-27H,8-9,19-20H2,1-5H3;/q-2;+2. The van der Waals surface area contributed by atoms with Crippen LogP contribution in [0, 0.1) is 26.0 Å². The number of pyridine rings is 1. The van der Waals surface area contributed by atoms with Gasteiger partial charge in [0.15, 0.2) is 0 Å². The third-order valence-electron chi connectivity index (χ3n) is 9.48. The summed E-state index contributed by atoms with van der Waals surface area (Å²) in [5, 5.41) is 6.98. The van der Waals surface area contributed by atoms with Crippen LogP contribution >= 0.6 is 0 Å². The number of anilines is 1. The molecule has 7 aromatic rings. The first-order valence-electron chi connectivity index (χ1n) is 16.8. The fraction of sp³-hybridized carbons (Fsp3) is 0.238. The van der Waals surface area contributed by atoms with Gasteiger partial charge in [-0.25, -0.2) is 4.98 Å². The normalized spacial score (nSPS) is 13.3. The molecule has 0 N–H and O–H groups in total. The fourth-order valence-corrected chi connectivity index (χ4v) is 7.06. The van der Waals surface area contributed by atoms with Crippen LogP contribution in [-0.4, -0.2) is 32.4 Å². The summed E-state index contributed by atoms with van der Waals surface area (Å²) < 4.78 is 10.5. The minimum Gasteiger partial charge on any atom is -0.509 e. The number of fused-ring (bicyclic) bond motifs is 3. The second-order valence-electron chi connectivity index (χ2n) is 13.9. The van der Waals surface area contributed by atoms with Crippen molar-refractivity contribution in [3.63, 3.8) is 0 Å². The summed E-state index contributed by atoms with van der Waals surface area (Å²) in [5.41, 5.74) is 10.2. The number of nitrogens with zero attached hydrogens (tertiary/aromatic N) is 5. The fourth-order valence-electron chi connectivity index (χ4n) is 7.06. The molecule has 0 saturated carbocycles. The van der Waals surface area contributed by atoms with Crippen LogP contribution in [0.3, 0.4) is 0 Å². The average molecular weight is 825 g/mol. The van der Waals surface area contributed by atoms with E-state index in [1.807, 2.05) is 41.3 Å². The minimum atomic E-state index is 0. The third-order valence-corrected chi connectivity index (χ3v) is 9.48. The zero-order valence-corrected chi connectivity index (χ0v) is 30.8. The second kappa shape index (κ2) is 13.0. The van der Waals surface area contributed by atoms with E-state index in [-0.39, 0.29) is 26.5 Å². The van der Waals surface area contributed by atoms with Crippen molar-refractivity contribution in [2.24, 2.45) is 0 Å². The molecular weight excluding hydrogens is 786 g/mol. The van der Waals surface area contributed by atoms with Crippen LogP contribution < -0.4 is 9.64 Å². The van der Waals surface area contributed by atoms with Gasteiger partial charge in [-0.15, -0.1) is 35.7 Å². The van der Waals surface area contributed by atoms with Gasteiger partial charge in [-0.05, 0) is 95.8 Å². The summed E-state index contributed by atoms with van der Waals surface area (Å²) >= 11 is 0. The number of rotatable bonds is 6. The molecule has 8 rings (SSSR count). The van der Waals surface area contributed by atoms with Gasteiger partial charge in [-0.3, -0.25) is 4.68 Å². The van der Waals surface area contributed by atoms with Crippen LogP contribution in [0.5, 0.6) is 11.5 Å². The van der Waals surface area contributed by atoms with Gasteiger partial charge in [0.1, 0.15) is 5.82 Å². The molecule has 0 aliphatic carbocycles. The van der Waals surface area contributed by atoms with E-state index in [9.17, 15) is 0 Å². The number of ether oxygens (including phenoxy) is 1. The quantitative estimate of drug-likeness (QED) is 0.157. The van der Waals surface area contributed by atoms with E-state index in [0.29, 0.717) is 11.5 Å². The zero-order valence-electron chi connectivity index (χ0n) is 28.5.